The molecule has 5 nitrogen and oxygen atoms in total. The van der Waals surface area contributed by atoms with Crippen molar-refractivity contribution in [3.05, 3.63) is 23.2 Å². The van der Waals surface area contributed by atoms with E-state index in [1.165, 1.54) is 0 Å². The lowest BCUT2D eigenvalue weighted by atomic mass is 9.85. The zero-order valence-electron chi connectivity index (χ0n) is 14.6. The number of ether oxygens (including phenoxy) is 1. The Bertz CT molecular complexity index is 527. The van der Waals surface area contributed by atoms with E-state index in [4.69, 9.17) is 9.15 Å². The number of hydrogen-bond acceptors (Lipinski definition) is 5. The second-order valence-corrected chi connectivity index (χ2v) is 6.78. The van der Waals surface area contributed by atoms with Gasteiger partial charge in [0.1, 0.15) is 17.1 Å². The molecule has 130 valence electrons. The molecule has 2 N–H and O–H groups in total. The number of carbonyl (C=O) groups excluding carboxylic acids is 1. The molecular weight excluding hydrogens is 294 g/mol. The maximum Gasteiger partial charge on any atom is 0.308 e. The molecule has 1 aliphatic rings. The molecule has 0 aromatic carbocycles. The number of hydrogen-bond donors (Lipinski definition) is 2. The number of aryl methyl sites for hydroxylation is 2. The van der Waals surface area contributed by atoms with E-state index in [0.29, 0.717) is 19.2 Å². The zero-order valence-corrected chi connectivity index (χ0v) is 14.6. The van der Waals surface area contributed by atoms with E-state index in [-0.39, 0.29) is 11.9 Å². The van der Waals surface area contributed by atoms with Gasteiger partial charge in [-0.3, -0.25) is 4.79 Å². The Kier molecular flexibility index (Phi) is 5.87. The summed E-state index contributed by atoms with van der Waals surface area (Å²) in [5.41, 5.74) is -0.123. The van der Waals surface area contributed by atoms with Crippen LogP contribution in [-0.4, -0.2) is 30.3 Å². The van der Waals surface area contributed by atoms with Gasteiger partial charge in [0.2, 0.25) is 0 Å². The van der Waals surface area contributed by atoms with Crippen molar-refractivity contribution in [1.29, 1.82) is 0 Å². The highest BCUT2D eigenvalue weighted by Gasteiger charge is 2.31. The van der Waals surface area contributed by atoms with Crippen LogP contribution in [0.1, 0.15) is 56.6 Å². The molecule has 1 aromatic heterocycles. The van der Waals surface area contributed by atoms with Crippen molar-refractivity contribution < 1.29 is 19.1 Å². The average Bonchev–Trinajstić information content (AvgIpc) is 2.85. The lowest BCUT2D eigenvalue weighted by Gasteiger charge is -2.31. The Morgan fingerprint density at radius 1 is 1.39 bits per heavy atom. The van der Waals surface area contributed by atoms with Gasteiger partial charge in [0.25, 0.3) is 0 Å². The third-order valence-electron chi connectivity index (χ3n) is 4.70. The maximum atomic E-state index is 11.8. The first-order valence-corrected chi connectivity index (χ1v) is 8.53. The quantitative estimate of drug-likeness (QED) is 0.788. The van der Waals surface area contributed by atoms with Gasteiger partial charge >= 0.3 is 5.97 Å². The molecule has 0 bridgehead atoms. The van der Waals surface area contributed by atoms with Crippen molar-refractivity contribution in [2.45, 2.75) is 65.0 Å². The van der Waals surface area contributed by atoms with Gasteiger partial charge < -0.3 is 19.6 Å². The fraction of sp³-hybridized carbons (Fsp3) is 0.722. The molecule has 0 saturated heterocycles. The van der Waals surface area contributed by atoms with Crippen LogP contribution in [0, 0.1) is 19.8 Å². The molecule has 0 spiro atoms. The van der Waals surface area contributed by atoms with Crippen LogP contribution in [0.15, 0.2) is 10.5 Å². The molecule has 2 rings (SSSR count). The highest BCUT2D eigenvalue weighted by atomic mass is 16.5. The molecule has 1 aliphatic carbocycles. The number of esters is 1. The molecule has 1 saturated carbocycles. The molecule has 23 heavy (non-hydrogen) atoms. The van der Waals surface area contributed by atoms with E-state index in [9.17, 15) is 9.90 Å². The van der Waals surface area contributed by atoms with E-state index in [1.807, 2.05) is 33.8 Å². The number of rotatable bonds is 6. The molecule has 0 radical (unpaired) electrons. The standard InChI is InChI=1S/C18H29NO4/c1-5-22-17(20)14-6-8-15(9-7-14)19-11-18(4,21)16-10-12(2)23-13(16)3/h10,14-15,19,21H,5-9,11H2,1-4H3. The van der Waals surface area contributed by atoms with E-state index in [0.717, 1.165) is 42.8 Å². The van der Waals surface area contributed by atoms with E-state index >= 15 is 0 Å². The second-order valence-electron chi connectivity index (χ2n) is 6.78. The fourth-order valence-electron chi connectivity index (χ4n) is 3.40. The van der Waals surface area contributed by atoms with Gasteiger partial charge in [-0.15, -0.1) is 0 Å². The summed E-state index contributed by atoms with van der Waals surface area (Å²) in [5, 5.41) is 14.2. The van der Waals surface area contributed by atoms with E-state index in [2.05, 4.69) is 5.32 Å². The monoisotopic (exact) mass is 323 g/mol. The largest absolute Gasteiger partial charge is 0.466 e. The molecule has 5 heteroatoms. The average molecular weight is 323 g/mol. The third kappa shape index (κ3) is 4.58. The Labute approximate surface area is 138 Å². The number of aliphatic hydroxyl groups is 1. The van der Waals surface area contributed by atoms with Gasteiger partial charge in [0.05, 0.1) is 12.5 Å². The molecular formula is C18H29NO4. The first-order chi connectivity index (χ1) is 10.8. The van der Waals surface area contributed by atoms with Gasteiger partial charge in [0.15, 0.2) is 0 Å². The van der Waals surface area contributed by atoms with Crippen molar-refractivity contribution in [2.75, 3.05) is 13.2 Å². The van der Waals surface area contributed by atoms with Gasteiger partial charge in [-0.25, -0.2) is 0 Å². The lowest BCUT2D eigenvalue weighted by Crippen LogP contribution is -2.43. The Morgan fingerprint density at radius 3 is 2.57 bits per heavy atom. The van der Waals surface area contributed by atoms with Gasteiger partial charge in [0, 0.05) is 18.2 Å². The maximum absolute atomic E-state index is 11.8. The van der Waals surface area contributed by atoms with Crippen molar-refractivity contribution in [1.82, 2.24) is 5.32 Å². The van der Waals surface area contributed by atoms with Crippen LogP contribution in [-0.2, 0) is 15.1 Å². The summed E-state index contributed by atoms with van der Waals surface area (Å²) >= 11 is 0. The normalized spacial score (nSPS) is 24.2. The molecule has 1 heterocycles. The van der Waals surface area contributed by atoms with E-state index < -0.39 is 5.60 Å². The summed E-state index contributed by atoms with van der Waals surface area (Å²) in [5.74, 6) is 1.54. The van der Waals surface area contributed by atoms with Gasteiger partial charge in [-0.05, 0) is 59.4 Å². The third-order valence-corrected chi connectivity index (χ3v) is 4.70. The highest BCUT2D eigenvalue weighted by molar-refractivity contribution is 5.72. The predicted octanol–water partition coefficient (Wildman–Crippen LogP) is 2.82. The van der Waals surface area contributed by atoms with E-state index in [1.54, 1.807) is 0 Å². The topological polar surface area (TPSA) is 71.7 Å². The van der Waals surface area contributed by atoms with Crippen LogP contribution < -0.4 is 5.32 Å². The van der Waals surface area contributed by atoms with Crippen LogP contribution in [0.2, 0.25) is 0 Å². The summed E-state index contributed by atoms with van der Waals surface area (Å²) in [6.45, 7) is 8.33. The first kappa shape index (κ1) is 18.0. The Hall–Kier alpha value is -1.33. The van der Waals surface area contributed by atoms with Crippen LogP contribution in [0.5, 0.6) is 0 Å². The fourth-order valence-corrected chi connectivity index (χ4v) is 3.40. The number of nitrogens with one attached hydrogen (secondary N) is 1. The minimum Gasteiger partial charge on any atom is -0.466 e. The summed E-state index contributed by atoms with van der Waals surface area (Å²) in [6.07, 6.45) is 3.57. The smallest absolute Gasteiger partial charge is 0.308 e. The van der Waals surface area contributed by atoms with Crippen LogP contribution in [0.3, 0.4) is 0 Å². The van der Waals surface area contributed by atoms with Gasteiger partial charge in [-0.1, -0.05) is 0 Å². The summed E-state index contributed by atoms with van der Waals surface area (Å²) in [6, 6.07) is 2.23. The zero-order chi connectivity index (χ0) is 17.0. The molecule has 0 aliphatic heterocycles. The van der Waals surface area contributed by atoms with Crippen molar-refractivity contribution >= 4 is 5.97 Å². The van der Waals surface area contributed by atoms with Crippen LogP contribution in [0.25, 0.3) is 0 Å². The molecule has 1 fully saturated rings. The summed E-state index contributed by atoms with van der Waals surface area (Å²) in [4.78, 5) is 11.8. The van der Waals surface area contributed by atoms with Crippen molar-refractivity contribution in [3.8, 4) is 0 Å². The first-order valence-electron chi connectivity index (χ1n) is 8.53. The van der Waals surface area contributed by atoms with Crippen LogP contribution >= 0.6 is 0 Å². The molecule has 1 atom stereocenters. The molecule has 1 unspecified atom stereocenters. The molecule has 1 aromatic rings. The van der Waals surface area contributed by atoms with Crippen molar-refractivity contribution in [2.24, 2.45) is 5.92 Å². The Balaban J connectivity index is 1.83. The molecule has 0 amide bonds. The number of carbonyl (C=O) groups is 1. The summed E-state index contributed by atoms with van der Waals surface area (Å²) in [7, 11) is 0. The Morgan fingerprint density at radius 2 is 2.04 bits per heavy atom. The van der Waals surface area contributed by atoms with Crippen LogP contribution in [0.4, 0.5) is 0 Å². The number of furan rings is 1. The second kappa shape index (κ2) is 7.49. The van der Waals surface area contributed by atoms with Gasteiger partial charge in [-0.2, -0.15) is 0 Å². The summed E-state index contributed by atoms with van der Waals surface area (Å²) < 4.78 is 10.6. The SMILES string of the molecule is CCOC(=O)C1CCC(NCC(C)(O)c2cc(C)oc2C)CC1. The lowest BCUT2D eigenvalue weighted by molar-refractivity contribution is -0.149. The minimum absolute atomic E-state index is 0.0345. The van der Waals surface area contributed by atoms with Crippen molar-refractivity contribution in [3.63, 3.8) is 0 Å². The highest BCUT2D eigenvalue weighted by Crippen LogP contribution is 2.29. The predicted molar refractivity (Wildman–Crippen MR) is 88.1 cm³/mol. The minimum atomic E-state index is -0.958.